The number of carbonyl (C=O) groups excluding carboxylic acids is 2. The van der Waals surface area contributed by atoms with Gasteiger partial charge in [-0.2, -0.15) is 0 Å². The maximum absolute atomic E-state index is 11.9. The van der Waals surface area contributed by atoms with Gasteiger partial charge in [-0.1, -0.05) is 46.0 Å². The van der Waals surface area contributed by atoms with E-state index in [0.29, 0.717) is 18.8 Å². The minimum atomic E-state index is -0.190. The normalized spacial score (nSPS) is 12.2. The van der Waals surface area contributed by atoms with Gasteiger partial charge in [0.1, 0.15) is 0 Å². The van der Waals surface area contributed by atoms with E-state index in [0.717, 1.165) is 123 Å². The van der Waals surface area contributed by atoms with Crippen molar-refractivity contribution in [1.29, 1.82) is 0 Å². The van der Waals surface area contributed by atoms with Gasteiger partial charge in [0.25, 0.3) is 5.96 Å². The van der Waals surface area contributed by atoms with Crippen molar-refractivity contribution >= 4 is 24.1 Å². The monoisotopic (exact) mass is 615 g/mol. The first-order valence-electron chi connectivity index (χ1n) is 16.9. The van der Waals surface area contributed by atoms with Gasteiger partial charge in [0.05, 0.1) is 25.5 Å². The van der Waals surface area contributed by atoms with Crippen LogP contribution in [0.15, 0.2) is 9.98 Å². The van der Waals surface area contributed by atoms with E-state index in [4.69, 9.17) is 22.9 Å². The summed E-state index contributed by atoms with van der Waals surface area (Å²) in [6.45, 7) is 12.5. The highest BCUT2D eigenvalue weighted by Crippen LogP contribution is 2.18. The third kappa shape index (κ3) is 37.7. The molecule has 11 nitrogen and oxygen atoms in total. The summed E-state index contributed by atoms with van der Waals surface area (Å²) in [4.78, 5) is 32.1. The van der Waals surface area contributed by atoms with Crippen LogP contribution in [0, 0.1) is 0 Å². The highest BCUT2D eigenvalue weighted by atomic mass is 16.1. The number of unbranched alkanes of at least 4 members (excludes halogenated alkanes) is 9. The van der Waals surface area contributed by atoms with Crippen LogP contribution in [0.5, 0.6) is 0 Å². The number of guanidine groups is 1. The molecule has 0 rings (SSSR count). The molecule has 1 atom stereocenters. The first-order chi connectivity index (χ1) is 20.6. The molecule has 0 aromatic heterocycles. The number of rotatable bonds is 25. The number of hydrogen-bond acceptors (Lipinski definition) is 6. The molecule has 0 radical (unpaired) electrons. The first-order valence-corrected chi connectivity index (χ1v) is 16.9. The van der Waals surface area contributed by atoms with E-state index in [2.05, 4.69) is 41.5 Å². The van der Waals surface area contributed by atoms with E-state index in [9.17, 15) is 9.59 Å². The van der Waals surface area contributed by atoms with Crippen molar-refractivity contribution in [3.8, 4) is 0 Å². The summed E-state index contributed by atoms with van der Waals surface area (Å²) in [5.41, 5.74) is 21.8. The Kier molecular flexibility index (Phi) is 36.0. The number of nitrogens with one attached hydrogen (secondary N) is 3. The molecule has 0 saturated carbocycles. The highest BCUT2D eigenvalue weighted by Gasteiger charge is 2.14. The molecule has 0 heterocycles. The zero-order valence-electron chi connectivity index (χ0n) is 28.9. The molecular weight excluding hydrogens is 542 g/mol. The van der Waals surface area contributed by atoms with Crippen LogP contribution in [0.1, 0.15) is 130 Å². The van der Waals surface area contributed by atoms with Gasteiger partial charge in [-0.05, 0) is 91.8 Å². The van der Waals surface area contributed by atoms with Crippen LogP contribution in [0.25, 0.3) is 0 Å². The van der Waals surface area contributed by atoms with E-state index in [1.54, 1.807) is 0 Å². The molecule has 2 amide bonds. The number of amides is 2. The Hall–Kier alpha value is -2.24. The Morgan fingerprint density at radius 3 is 2.02 bits per heavy atom. The predicted molar refractivity (Wildman–Crippen MR) is 185 cm³/mol. The minimum Gasteiger partial charge on any atom is -0.390 e. The van der Waals surface area contributed by atoms with Crippen LogP contribution in [0.3, 0.4) is 0 Å². The second kappa shape index (κ2) is 34.3. The summed E-state index contributed by atoms with van der Waals surface area (Å²) in [5.74, 6) is 0.647. The number of aliphatic imine (C=N–C) groups is 2. The fourth-order valence-corrected chi connectivity index (χ4v) is 4.14. The molecule has 0 aromatic carbocycles. The number of carbonyl (C=O) groups is 2. The molecular formula is C32H72N9O2+. The number of primary amides is 1. The SMILES string of the molecule is CC.CNCCCCCC(N)=O.C[NH+](CCCCCN)C(N)=NCCCCCC(=O)NCCCCCCC(C)(C)N=CN. The van der Waals surface area contributed by atoms with E-state index in [1.807, 2.05) is 20.9 Å². The molecule has 0 saturated heterocycles. The number of hydrogen-bond donors (Lipinski definition) is 7. The lowest BCUT2D eigenvalue weighted by molar-refractivity contribution is -0.784. The molecule has 0 aromatic rings. The van der Waals surface area contributed by atoms with E-state index in [1.165, 1.54) is 11.2 Å². The van der Waals surface area contributed by atoms with Crippen molar-refractivity contribution in [3.05, 3.63) is 0 Å². The van der Waals surface area contributed by atoms with Gasteiger partial charge in [-0.15, -0.1) is 0 Å². The summed E-state index contributed by atoms with van der Waals surface area (Å²) in [7, 11) is 3.98. The molecule has 11 heteroatoms. The molecule has 0 aliphatic heterocycles. The minimum absolute atomic E-state index is 0.0679. The Morgan fingerprint density at radius 2 is 1.40 bits per heavy atom. The smallest absolute Gasteiger partial charge is 0.293 e. The Balaban J connectivity index is -0.00000112. The summed E-state index contributed by atoms with van der Waals surface area (Å²) >= 11 is 0. The fourth-order valence-electron chi connectivity index (χ4n) is 4.14. The van der Waals surface area contributed by atoms with Crippen LogP contribution in [-0.4, -0.2) is 76.5 Å². The summed E-state index contributed by atoms with van der Waals surface area (Å²) in [6, 6.07) is 0. The van der Waals surface area contributed by atoms with Crippen LogP contribution in [-0.2, 0) is 9.59 Å². The predicted octanol–water partition coefficient (Wildman–Crippen LogP) is 2.62. The summed E-state index contributed by atoms with van der Waals surface area (Å²) < 4.78 is 0. The van der Waals surface area contributed by atoms with Crippen LogP contribution in [0.4, 0.5) is 0 Å². The van der Waals surface area contributed by atoms with E-state index >= 15 is 0 Å². The van der Waals surface area contributed by atoms with Gasteiger partial charge in [0, 0.05) is 25.9 Å². The molecule has 0 aliphatic rings. The molecule has 43 heavy (non-hydrogen) atoms. The van der Waals surface area contributed by atoms with Crippen molar-refractivity contribution < 1.29 is 14.5 Å². The van der Waals surface area contributed by atoms with Crippen molar-refractivity contribution in [1.82, 2.24) is 10.6 Å². The van der Waals surface area contributed by atoms with Crippen LogP contribution in [0.2, 0.25) is 0 Å². The highest BCUT2D eigenvalue weighted by molar-refractivity contribution is 5.75. The molecule has 11 N–H and O–H groups in total. The van der Waals surface area contributed by atoms with Gasteiger partial charge in [0.15, 0.2) is 0 Å². The van der Waals surface area contributed by atoms with E-state index in [-0.39, 0.29) is 17.4 Å². The third-order valence-electron chi connectivity index (χ3n) is 6.85. The Morgan fingerprint density at radius 1 is 0.814 bits per heavy atom. The molecule has 0 spiro atoms. The molecule has 1 unspecified atom stereocenters. The fraction of sp³-hybridized carbons (Fsp3) is 0.875. The van der Waals surface area contributed by atoms with Gasteiger partial charge in [0.2, 0.25) is 11.8 Å². The van der Waals surface area contributed by atoms with Gasteiger partial charge in [-0.3, -0.25) is 19.5 Å². The Labute approximate surface area is 264 Å². The quantitative estimate of drug-likeness (QED) is 0.0469. The Bertz CT molecular complexity index is 686. The average molecular weight is 615 g/mol. The van der Waals surface area contributed by atoms with Crippen molar-refractivity contribution in [3.63, 3.8) is 0 Å². The zero-order chi connectivity index (χ0) is 33.2. The lowest BCUT2D eigenvalue weighted by Gasteiger charge is -2.18. The largest absolute Gasteiger partial charge is 0.390 e. The maximum Gasteiger partial charge on any atom is 0.293 e. The number of nitrogens with zero attached hydrogens (tertiary/aromatic N) is 2. The van der Waals surface area contributed by atoms with Crippen LogP contribution >= 0.6 is 0 Å². The molecule has 256 valence electrons. The number of nitrogens with two attached hydrogens (primary N) is 4. The van der Waals surface area contributed by atoms with Gasteiger partial charge >= 0.3 is 0 Å². The number of quaternary nitrogens is 1. The standard InChI is InChI=1S/C23H49N7O.C7H16N2O.C2H6/c1-23(2,29-20-25)15-9-4-5-11-17-27-21(31)14-8-6-12-18-28-22(26)30(3)19-13-7-10-16-24;1-9-6-4-2-3-5-7(8)10;1-2/h20H,4-19,24H2,1-3H3,(H2,25,29)(H2,26,28)(H,27,31);9H,2-6H2,1H3,(H2,8,10);1-2H3/p+1. The average Bonchev–Trinajstić information content (AvgIpc) is 2.97. The lowest BCUT2D eigenvalue weighted by Crippen LogP contribution is -3.13. The van der Waals surface area contributed by atoms with Crippen molar-refractivity contribution in [2.75, 3.05) is 46.8 Å². The summed E-state index contributed by atoms with van der Waals surface area (Å²) in [6.07, 6.45) is 17.4. The van der Waals surface area contributed by atoms with Gasteiger partial charge in [-0.25, -0.2) is 4.99 Å². The molecule has 0 bridgehead atoms. The van der Waals surface area contributed by atoms with E-state index < -0.39 is 0 Å². The maximum atomic E-state index is 11.9. The van der Waals surface area contributed by atoms with Gasteiger partial charge < -0.3 is 33.6 Å². The topological polar surface area (TPSA) is 191 Å². The lowest BCUT2D eigenvalue weighted by atomic mass is 9.97. The second-order valence-corrected chi connectivity index (χ2v) is 11.4. The van der Waals surface area contributed by atoms with Crippen molar-refractivity contribution in [2.24, 2.45) is 32.9 Å². The molecule has 0 aliphatic carbocycles. The van der Waals surface area contributed by atoms with Crippen molar-refractivity contribution in [2.45, 2.75) is 136 Å². The third-order valence-corrected chi connectivity index (χ3v) is 6.85. The van der Waals surface area contributed by atoms with Crippen LogP contribution < -0.4 is 38.5 Å². The second-order valence-electron chi connectivity index (χ2n) is 11.4. The first kappa shape index (κ1) is 45.2. The zero-order valence-corrected chi connectivity index (χ0v) is 28.9. The summed E-state index contributed by atoms with van der Waals surface area (Å²) in [5, 5.41) is 6.06. The molecule has 0 fully saturated rings.